The molecular formula is C14H15N3O3. The molecule has 1 aromatic carbocycles. The number of aromatic nitrogens is 2. The van der Waals surface area contributed by atoms with E-state index in [1.807, 2.05) is 4.57 Å². The third kappa shape index (κ3) is 2.45. The Morgan fingerprint density at radius 1 is 1.35 bits per heavy atom. The Morgan fingerprint density at radius 2 is 2.20 bits per heavy atom. The van der Waals surface area contributed by atoms with Crippen LogP contribution in [0.3, 0.4) is 0 Å². The van der Waals surface area contributed by atoms with Crippen LogP contribution in [0.25, 0.3) is 0 Å². The Bertz CT molecular complexity index is 624. The van der Waals surface area contributed by atoms with Crippen LogP contribution >= 0.6 is 0 Å². The van der Waals surface area contributed by atoms with Crippen molar-refractivity contribution in [3.8, 4) is 11.5 Å². The highest BCUT2D eigenvalue weighted by Crippen LogP contribution is 2.24. The number of phenolic OH excluding ortho intramolecular Hbond substituents is 1. The molecule has 0 unspecified atom stereocenters. The molecule has 104 valence electrons. The molecule has 20 heavy (non-hydrogen) atoms. The predicted octanol–water partition coefficient (Wildman–Crippen LogP) is 1.01. The van der Waals surface area contributed by atoms with Crippen LogP contribution in [-0.2, 0) is 17.9 Å². The Balaban J connectivity index is 1.59. The number of carbonyl (C=O) groups is 1. The van der Waals surface area contributed by atoms with E-state index < -0.39 is 0 Å². The summed E-state index contributed by atoms with van der Waals surface area (Å²) in [5, 5.41) is 9.57. The van der Waals surface area contributed by atoms with Crippen LogP contribution in [0.4, 0.5) is 0 Å². The second kappa shape index (κ2) is 5.24. The summed E-state index contributed by atoms with van der Waals surface area (Å²) >= 11 is 0. The van der Waals surface area contributed by atoms with Crippen LogP contribution in [0.15, 0.2) is 36.8 Å². The molecule has 0 spiro atoms. The summed E-state index contributed by atoms with van der Waals surface area (Å²) in [6.07, 6.45) is 3.54. The molecule has 0 saturated heterocycles. The molecule has 6 heteroatoms. The SMILES string of the molecule is O=C(COc1ccccc1O)N1CCn2cncc2C1. The highest BCUT2D eigenvalue weighted by Gasteiger charge is 2.21. The average Bonchev–Trinajstić information content (AvgIpc) is 2.93. The summed E-state index contributed by atoms with van der Waals surface area (Å²) < 4.78 is 7.39. The van der Waals surface area contributed by atoms with E-state index in [-0.39, 0.29) is 18.3 Å². The number of hydrogen-bond acceptors (Lipinski definition) is 4. The van der Waals surface area contributed by atoms with Gasteiger partial charge in [-0.2, -0.15) is 0 Å². The number of rotatable bonds is 3. The highest BCUT2D eigenvalue weighted by molar-refractivity contribution is 5.78. The van der Waals surface area contributed by atoms with Gasteiger partial charge in [0, 0.05) is 19.3 Å². The number of benzene rings is 1. The van der Waals surface area contributed by atoms with E-state index in [0.717, 1.165) is 12.2 Å². The van der Waals surface area contributed by atoms with Crippen molar-refractivity contribution in [3.63, 3.8) is 0 Å². The Morgan fingerprint density at radius 3 is 3.05 bits per heavy atom. The molecule has 0 bridgehead atoms. The molecule has 0 fully saturated rings. The minimum Gasteiger partial charge on any atom is -0.504 e. The maximum Gasteiger partial charge on any atom is 0.260 e. The van der Waals surface area contributed by atoms with Crippen molar-refractivity contribution < 1.29 is 14.6 Å². The lowest BCUT2D eigenvalue weighted by Gasteiger charge is -2.28. The van der Waals surface area contributed by atoms with Gasteiger partial charge in [0.15, 0.2) is 18.1 Å². The lowest BCUT2D eigenvalue weighted by atomic mass is 10.3. The number of ether oxygens (including phenoxy) is 1. The van der Waals surface area contributed by atoms with Crippen LogP contribution in [0, 0.1) is 0 Å². The predicted molar refractivity (Wildman–Crippen MR) is 71.2 cm³/mol. The van der Waals surface area contributed by atoms with Gasteiger partial charge in [0.2, 0.25) is 0 Å². The number of hydrogen-bond donors (Lipinski definition) is 1. The van der Waals surface area contributed by atoms with Crippen molar-refractivity contribution in [3.05, 3.63) is 42.5 Å². The fourth-order valence-corrected chi connectivity index (χ4v) is 2.21. The molecule has 3 rings (SSSR count). The molecule has 2 heterocycles. The van der Waals surface area contributed by atoms with Crippen LogP contribution in [0.5, 0.6) is 11.5 Å². The lowest BCUT2D eigenvalue weighted by Crippen LogP contribution is -2.40. The third-order valence-corrected chi connectivity index (χ3v) is 3.33. The monoisotopic (exact) mass is 273 g/mol. The van der Waals surface area contributed by atoms with Gasteiger partial charge < -0.3 is 19.3 Å². The third-order valence-electron chi connectivity index (χ3n) is 3.33. The second-order valence-electron chi connectivity index (χ2n) is 4.65. The van der Waals surface area contributed by atoms with E-state index in [1.54, 1.807) is 35.6 Å². The van der Waals surface area contributed by atoms with E-state index in [4.69, 9.17) is 4.74 Å². The van der Waals surface area contributed by atoms with Crippen molar-refractivity contribution in [1.29, 1.82) is 0 Å². The first-order valence-electron chi connectivity index (χ1n) is 6.41. The number of para-hydroxylation sites is 2. The maximum atomic E-state index is 12.1. The van der Waals surface area contributed by atoms with Crippen LogP contribution in [-0.4, -0.2) is 38.6 Å². The molecule has 1 aliphatic heterocycles. The summed E-state index contributed by atoms with van der Waals surface area (Å²) in [4.78, 5) is 17.9. The van der Waals surface area contributed by atoms with Gasteiger partial charge in [-0.25, -0.2) is 4.98 Å². The summed E-state index contributed by atoms with van der Waals surface area (Å²) in [5.74, 6) is 0.264. The summed E-state index contributed by atoms with van der Waals surface area (Å²) in [6, 6.07) is 6.61. The molecular weight excluding hydrogens is 258 g/mol. The number of imidazole rings is 1. The minimum absolute atomic E-state index is 0.0389. The van der Waals surface area contributed by atoms with E-state index in [0.29, 0.717) is 18.8 Å². The van der Waals surface area contributed by atoms with Crippen molar-refractivity contribution in [2.45, 2.75) is 13.1 Å². The first-order valence-corrected chi connectivity index (χ1v) is 6.41. The topological polar surface area (TPSA) is 67.6 Å². The van der Waals surface area contributed by atoms with Gasteiger partial charge in [-0.05, 0) is 12.1 Å². The zero-order valence-corrected chi connectivity index (χ0v) is 10.9. The fraction of sp³-hybridized carbons (Fsp3) is 0.286. The zero-order valence-electron chi connectivity index (χ0n) is 10.9. The van der Waals surface area contributed by atoms with Crippen molar-refractivity contribution in [1.82, 2.24) is 14.5 Å². The van der Waals surface area contributed by atoms with Crippen LogP contribution in [0.1, 0.15) is 5.69 Å². The van der Waals surface area contributed by atoms with E-state index >= 15 is 0 Å². The van der Waals surface area contributed by atoms with Gasteiger partial charge in [0.05, 0.1) is 18.6 Å². The Kier molecular flexibility index (Phi) is 3.28. The second-order valence-corrected chi connectivity index (χ2v) is 4.65. The molecule has 0 saturated carbocycles. The molecule has 0 atom stereocenters. The van der Waals surface area contributed by atoms with E-state index in [1.165, 1.54) is 6.07 Å². The Labute approximate surface area is 116 Å². The van der Waals surface area contributed by atoms with E-state index in [2.05, 4.69) is 4.98 Å². The first-order chi connectivity index (χ1) is 9.74. The number of carbonyl (C=O) groups excluding carboxylic acids is 1. The molecule has 1 amide bonds. The molecule has 0 radical (unpaired) electrons. The fourth-order valence-electron chi connectivity index (χ4n) is 2.21. The number of aromatic hydroxyl groups is 1. The maximum absolute atomic E-state index is 12.1. The summed E-state index contributed by atoms with van der Waals surface area (Å²) in [7, 11) is 0. The first kappa shape index (κ1) is 12.5. The van der Waals surface area contributed by atoms with Gasteiger partial charge >= 0.3 is 0 Å². The zero-order chi connectivity index (χ0) is 13.9. The highest BCUT2D eigenvalue weighted by atomic mass is 16.5. The molecule has 2 aromatic rings. The van der Waals surface area contributed by atoms with Crippen molar-refractivity contribution >= 4 is 5.91 Å². The normalized spacial score (nSPS) is 13.9. The molecule has 1 aromatic heterocycles. The summed E-state index contributed by atoms with van der Waals surface area (Å²) in [5.41, 5.74) is 1.02. The summed E-state index contributed by atoms with van der Waals surface area (Å²) in [6.45, 7) is 1.86. The van der Waals surface area contributed by atoms with E-state index in [9.17, 15) is 9.90 Å². The molecule has 1 aliphatic rings. The quantitative estimate of drug-likeness (QED) is 0.906. The standard InChI is InChI=1S/C14H15N3O3/c18-12-3-1-2-4-13(12)20-9-14(19)16-5-6-17-10-15-7-11(17)8-16/h1-4,7,10,18H,5-6,8-9H2. The van der Waals surface area contributed by atoms with Crippen molar-refractivity contribution in [2.75, 3.05) is 13.2 Å². The number of phenols is 1. The lowest BCUT2D eigenvalue weighted by molar-refractivity contribution is -0.134. The van der Waals surface area contributed by atoms with Gasteiger partial charge in [-0.1, -0.05) is 12.1 Å². The smallest absolute Gasteiger partial charge is 0.260 e. The minimum atomic E-state index is -0.0966. The largest absolute Gasteiger partial charge is 0.504 e. The van der Waals surface area contributed by atoms with Crippen LogP contribution < -0.4 is 4.74 Å². The van der Waals surface area contributed by atoms with Crippen LogP contribution in [0.2, 0.25) is 0 Å². The number of amides is 1. The molecule has 1 N–H and O–H groups in total. The average molecular weight is 273 g/mol. The van der Waals surface area contributed by atoms with Crippen molar-refractivity contribution in [2.24, 2.45) is 0 Å². The van der Waals surface area contributed by atoms with Gasteiger partial charge in [-0.3, -0.25) is 4.79 Å². The number of fused-ring (bicyclic) bond motifs is 1. The Hall–Kier alpha value is -2.50. The molecule has 6 nitrogen and oxygen atoms in total. The van der Waals surface area contributed by atoms with Gasteiger partial charge in [-0.15, -0.1) is 0 Å². The van der Waals surface area contributed by atoms with Gasteiger partial charge in [0.1, 0.15) is 0 Å². The number of nitrogens with zero attached hydrogens (tertiary/aromatic N) is 3. The van der Waals surface area contributed by atoms with Gasteiger partial charge in [0.25, 0.3) is 5.91 Å². The molecule has 0 aliphatic carbocycles.